The molecule has 2 N–H and O–H groups in total. The maximum atomic E-state index is 12.1. The molecular weight excluding hydrogens is 302 g/mol. The molecule has 0 saturated heterocycles. The van der Waals surface area contributed by atoms with Crippen LogP contribution in [0.4, 0.5) is 0 Å². The lowest BCUT2D eigenvalue weighted by Crippen LogP contribution is -2.26. The van der Waals surface area contributed by atoms with Gasteiger partial charge in [0, 0.05) is 5.38 Å². The van der Waals surface area contributed by atoms with Gasteiger partial charge in [-0.25, -0.2) is 17.9 Å². The van der Waals surface area contributed by atoms with E-state index in [0.717, 1.165) is 17.4 Å². The van der Waals surface area contributed by atoms with Crippen LogP contribution in [0.2, 0.25) is 0 Å². The highest BCUT2D eigenvalue weighted by molar-refractivity contribution is 7.91. The van der Waals surface area contributed by atoms with Crippen LogP contribution >= 0.6 is 11.3 Å². The Hall–Kier alpha value is -1.64. The first-order valence-corrected chi connectivity index (χ1v) is 8.06. The van der Waals surface area contributed by atoms with E-state index in [4.69, 9.17) is 9.52 Å². The SMILES string of the molecule is Cc1ccc(C(C)NS(=O)(=O)c2cc(C(=O)O)cs2)o1. The minimum absolute atomic E-state index is 0.0370. The average Bonchev–Trinajstić information content (AvgIpc) is 2.96. The number of nitrogens with one attached hydrogen (secondary N) is 1. The Morgan fingerprint density at radius 2 is 2.15 bits per heavy atom. The summed E-state index contributed by atoms with van der Waals surface area (Å²) in [5.41, 5.74) is -0.0446. The van der Waals surface area contributed by atoms with E-state index in [1.54, 1.807) is 26.0 Å². The molecule has 0 aliphatic carbocycles. The molecule has 0 radical (unpaired) electrons. The van der Waals surface area contributed by atoms with Crippen LogP contribution in [0.3, 0.4) is 0 Å². The summed E-state index contributed by atoms with van der Waals surface area (Å²) in [5.74, 6) is 0.0360. The number of aromatic carboxylic acids is 1. The lowest BCUT2D eigenvalue weighted by atomic mass is 10.3. The molecule has 2 aromatic heterocycles. The van der Waals surface area contributed by atoms with Crippen LogP contribution in [0.25, 0.3) is 0 Å². The minimum atomic E-state index is -3.77. The molecule has 20 heavy (non-hydrogen) atoms. The van der Waals surface area contributed by atoms with Crippen LogP contribution in [0, 0.1) is 6.92 Å². The summed E-state index contributed by atoms with van der Waals surface area (Å²) in [6, 6.07) is 4.03. The first kappa shape index (κ1) is 14.8. The van der Waals surface area contributed by atoms with Crippen LogP contribution < -0.4 is 4.72 Å². The van der Waals surface area contributed by atoms with Crippen LogP contribution in [-0.2, 0) is 10.0 Å². The van der Waals surface area contributed by atoms with E-state index in [1.165, 1.54) is 5.38 Å². The summed E-state index contributed by atoms with van der Waals surface area (Å²) in [4.78, 5) is 10.8. The van der Waals surface area contributed by atoms with Crippen molar-refractivity contribution in [2.24, 2.45) is 0 Å². The van der Waals surface area contributed by atoms with E-state index in [-0.39, 0.29) is 9.77 Å². The number of carbonyl (C=O) groups is 1. The van der Waals surface area contributed by atoms with Crippen molar-refractivity contribution >= 4 is 27.3 Å². The van der Waals surface area contributed by atoms with Gasteiger partial charge in [-0.3, -0.25) is 0 Å². The monoisotopic (exact) mass is 315 g/mol. The van der Waals surface area contributed by atoms with E-state index in [1.807, 2.05) is 0 Å². The fourth-order valence-electron chi connectivity index (χ4n) is 1.60. The molecule has 0 bridgehead atoms. The zero-order chi connectivity index (χ0) is 14.9. The Labute approximate surface area is 120 Å². The Morgan fingerprint density at radius 3 is 2.65 bits per heavy atom. The van der Waals surface area contributed by atoms with Crippen LogP contribution in [0.1, 0.15) is 34.8 Å². The van der Waals surface area contributed by atoms with Gasteiger partial charge in [-0.05, 0) is 32.0 Å². The maximum absolute atomic E-state index is 12.1. The number of carboxylic acid groups (broad SMARTS) is 1. The normalized spacial score (nSPS) is 13.3. The average molecular weight is 315 g/mol. The van der Waals surface area contributed by atoms with Gasteiger partial charge in [-0.2, -0.15) is 0 Å². The molecule has 0 aromatic carbocycles. The smallest absolute Gasteiger partial charge is 0.336 e. The molecule has 0 amide bonds. The molecule has 2 aromatic rings. The van der Waals surface area contributed by atoms with Crippen molar-refractivity contribution in [1.29, 1.82) is 0 Å². The van der Waals surface area contributed by atoms with Crippen molar-refractivity contribution in [1.82, 2.24) is 4.72 Å². The molecule has 0 spiro atoms. The predicted octanol–water partition coefficient (Wildman–Crippen LogP) is 2.39. The van der Waals surface area contributed by atoms with Crippen molar-refractivity contribution in [2.75, 3.05) is 0 Å². The molecule has 2 rings (SSSR count). The highest BCUT2D eigenvalue weighted by Gasteiger charge is 2.23. The fraction of sp³-hybridized carbons (Fsp3) is 0.250. The van der Waals surface area contributed by atoms with Gasteiger partial charge >= 0.3 is 5.97 Å². The molecule has 0 fully saturated rings. The summed E-state index contributed by atoms with van der Waals surface area (Å²) < 4.78 is 32.0. The molecule has 0 aliphatic heterocycles. The Kier molecular flexibility index (Phi) is 3.98. The third-order valence-corrected chi connectivity index (χ3v) is 5.59. The summed E-state index contributed by atoms with van der Waals surface area (Å²) >= 11 is 0.865. The van der Waals surface area contributed by atoms with Crippen molar-refractivity contribution in [3.8, 4) is 0 Å². The number of hydrogen-bond donors (Lipinski definition) is 2. The summed E-state index contributed by atoms with van der Waals surface area (Å²) in [6.45, 7) is 3.42. The maximum Gasteiger partial charge on any atom is 0.336 e. The van der Waals surface area contributed by atoms with Gasteiger partial charge in [0.25, 0.3) is 10.0 Å². The number of rotatable bonds is 5. The Balaban J connectivity index is 2.20. The molecule has 1 unspecified atom stereocenters. The molecular formula is C12H13NO5S2. The van der Waals surface area contributed by atoms with E-state index in [9.17, 15) is 13.2 Å². The zero-order valence-corrected chi connectivity index (χ0v) is 12.4. The second kappa shape index (κ2) is 5.39. The van der Waals surface area contributed by atoms with Gasteiger partial charge in [0.1, 0.15) is 15.7 Å². The van der Waals surface area contributed by atoms with E-state index >= 15 is 0 Å². The highest BCUT2D eigenvalue weighted by atomic mass is 32.2. The van der Waals surface area contributed by atoms with E-state index in [2.05, 4.69) is 4.72 Å². The van der Waals surface area contributed by atoms with E-state index in [0.29, 0.717) is 11.5 Å². The minimum Gasteiger partial charge on any atom is -0.478 e. The van der Waals surface area contributed by atoms with Crippen molar-refractivity contribution in [2.45, 2.75) is 24.1 Å². The third kappa shape index (κ3) is 3.09. The van der Waals surface area contributed by atoms with Crippen molar-refractivity contribution in [3.05, 3.63) is 40.7 Å². The van der Waals surface area contributed by atoms with Gasteiger partial charge in [0.2, 0.25) is 0 Å². The van der Waals surface area contributed by atoms with Gasteiger partial charge < -0.3 is 9.52 Å². The van der Waals surface area contributed by atoms with Gasteiger partial charge in [-0.15, -0.1) is 11.3 Å². The standard InChI is InChI=1S/C12H13NO5S2/c1-7-3-4-10(18-7)8(2)13-20(16,17)11-5-9(6-19-11)12(14)15/h3-6,8,13H,1-2H3,(H,14,15). The molecule has 1 atom stereocenters. The number of aryl methyl sites for hydroxylation is 1. The van der Waals surface area contributed by atoms with Crippen molar-refractivity contribution < 1.29 is 22.7 Å². The van der Waals surface area contributed by atoms with Gasteiger partial charge in [-0.1, -0.05) is 0 Å². The lowest BCUT2D eigenvalue weighted by Gasteiger charge is -2.10. The first-order valence-electron chi connectivity index (χ1n) is 5.70. The van der Waals surface area contributed by atoms with E-state index < -0.39 is 22.0 Å². The van der Waals surface area contributed by atoms with Crippen LogP contribution in [-0.4, -0.2) is 19.5 Å². The second-order valence-electron chi connectivity index (χ2n) is 4.25. The number of furan rings is 1. The third-order valence-electron chi connectivity index (χ3n) is 2.61. The predicted molar refractivity (Wildman–Crippen MR) is 73.5 cm³/mol. The highest BCUT2D eigenvalue weighted by Crippen LogP contribution is 2.23. The Morgan fingerprint density at radius 1 is 1.45 bits per heavy atom. The first-order chi connectivity index (χ1) is 9.29. The zero-order valence-electron chi connectivity index (χ0n) is 10.8. The van der Waals surface area contributed by atoms with Gasteiger partial charge in [0.15, 0.2) is 0 Å². The fourth-order valence-corrected chi connectivity index (χ4v) is 3.99. The molecule has 8 heteroatoms. The number of thiophene rings is 1. The molecule has 108 valence electrons. The van der Waals surface area contributed by atoms with Gasteiger partial charge in [0.05, 0.1) is 11.6 Å². The second-order valence-corrected chi connectivity index (χ2v) is 7.10. The molecule has 0 aliphatic rings. The van der Waals surface area contributed by atoms with Crippen LogP contribution in [0.15, 0.2) is 32.2 Å². The summed E-state index contributed by atoms with van der Waals surface area (Å²) in [6.07, 6.45) is 0. The number of carboxylic acids is 1. The largest absolute Gasteiger partial charge is 0.478 e. The summed E-state index contributed by atoms with van der Waals surface area (Å²) in [5, 5.41) is 10.1. The molecule has 6 nitrogen and oxygen atoms in total. The summed E-state index contributed by atoms with van der Waals surface area (Å²) in [7, 11) is -3.77. The lowest BCUT2D eigenvalue weighted by molar-refractivity contribution is 0.0697. The molecule has 2 heterocycles. The quantitative estimate of drug-likeness (QED) is 0.883. The number of sulfonamides is 1. The number of hydrogen-bond acceptors (Lipinski definition) is 5. The Bertz CT molecular complexity index is 729. The topological polar surface area (TPSA) is 96.6 Å². The molecule has 0 saturated carbocycles. The van der Waals surface area contributed by atoms with Crippen LogP contribution in [0.5, 0.6) is 0 Å². The van der Waals surface area contributed by atoms with Crippen molar-refractivity contribution in [3.63, 3.8) is 0 Å².